The highest BCUT2D eigenvalue weighted by molar-refractivity contribution is 8.09. The summed E-state index contributed by atoms with van der Waals surface area (Å²) < 4.78 is 73.6. The zero-order chi connectivity index (χ0) is 52.5. The first kappa shape index (κ1) is 57.2. The van der Waals surface area contributed by atoms with Gasteiger partial charge in [-0.05, 0) is 60.2 Å². The van der Waals surface area contributed by atoms with Crippen molar-refractivity contribution in [3.63, 3.8) is 0 Å². The number of rotatable bonds is 23. The van der Waals surface area contributed by atoms with Crippen molar-refractivity contribution in [2.45, 2.75) is 81.2 Å². The SMILES string of the molecule is COCCOC1C(OP(O)(=S)OCC2OC(n3cnc4c(=O)[nH]c(N)nc43)CC2OP(O)(=S)OCC2OC(n3ccc(N)nc3=O)CC2OP(O)(=S)OC)C(COP(C)(O)=S)OC1n1cc(C)c(N)nc1=O. The molecule has 4 aromatic heterocycles. The number of nitrogens with one attached hydrogen (secondary N) is 1. The maximum atomic E-state index is 13.2. The molecule has 3 fully saturated rings. The van der Waals surface area contributed by atoms with E-state index in [9.17, 15) is 34.0 Å². The second-order valence-electron chi connectivity index (χ2n) is 16.1. The van der Waals surface area contributed by atoms with Gasteiger partial charge >= 0.3 is 31.5 Å². The summed E-state index contributed by atoms with van der Waals surface area (Å²) in [5, 5.41) is 0. The molecule has 0 radical (unpaired) electrons. The van der Waals surface area contributed by atoms with Crippen molar-refractivity contribution in [2.75, 3.05) is 71.1 Å². The summed E-state index contributed by atoms with van der Waals surface area (Å²) in [6, 6.07) is 1.37. The van der Waals surface area contributed by atoms with Gasteiger partial charge in [0.2, 0.25) is 5.95 Å². The van der Waals surface area contributed by atoms with Crippen molar-refractivity contribution in [3.8, 4) is 0 Å². The van der Waals surface area contributed by atoms with Gasteiger partial charge in [-0.1, -0.05) is 0 Å². The molecule has 38 heteroatoms. The molecule has 0 aromatic carbocycles. The first-order valence-corrected chi connectivity index (χ1v) is 32.0. The van der Waals surface area contributed by atoms with Crippen molar-refractivity contribution >= 4 is 103 Å². The van der Waals surface area contributed by atoms with E-state index in [0.717, 1.165) is 16.2 Å². The Kier molecular flexibility index (Phi) is 18.6. The normalized spacial score (nSPS) is 28.9. The largest absolute Gasteiger partial charge is 0.383 e. The van der Waals surface area contributed by atoms with Gasteiger partial charge in [-0.3, -0.25) is 28.0 Å². The minimum atomic E-state index is -4.48. The minimum Gasteiger partial charge on any atom is -0.383 e. The Morgan fingerprint density at radius 1 is 0.764 bits per heavy atom. The average Bonchev–Trinajstić information content (AvgIpc) is 4.07. The van der Waals surface area contributed by atoms with Crippen LogP contribution in [0.15, 0.2) is 39.2 Å². The van der Waals surface area contributed by atoms with E-state index < -0.39 is 125 Å². The van der Waals surface area contributed by atoms with Crippen LogP contribution in [0.5, 0.6) is 0 Å². The monoisotopic (exact) mass is 1170 g/mol. The van der Waals surface area contributed by atoms with Gasteiger partial charge in [-0.15, -0.1) is 0 Å². The Hall–Kier alpha value is -2.53. The molecule has 0 amide bonds. The van der Waals surface area contributed by atoms with E-state index in [-0.39, 0.29) is 54.8 Å². The van der Waals surface area contributed by atoms with Crippen molar-refractivity contribution in [2.24, 2.45) is 0 Å². The molecule has 3 saturated heterocycles. The number of nitrogens with two attached hydrogens (primary N) is 3. The lowest BCUT2D eigenvalue weighted by Gasteiger charge is -2.29. The molecule has 30 nitrogen and oxygen atoms in total. The summed E-state index contributed by atoms with van der Waals surface area (Å²) >= 11 is 21.2. The van der Waals surface area contributed by atoms with E-state index in [0.29, 0.717) is 5.56 Å². The average molecular weight is 1170 g/mol. The lowest BCUT2D eigenvalue weighted by molar-refractivity contribution is -0.0811. The minimum absolute atomic E-state index is 0.0153. The van der Waals surface area contributed by atoms with Gasteiger partial charge in [0.1, 0.15) is 54.6 Å². The molecule has 11 N–H and O–H groups in total. The Bertz CT molecular complexity index is 2990. The highest BCUT2D eigenvalue weighted by atomic mass is 32.5. The second-order valence-corrected chi connectivity index (χ2v) is 28.5. The molecular weight excluding hydrogens is 1120 g/mol. The summed E-state index contributed by atoms with van der Waals surface area (Å²) in [7, 11) is 2.58. The predicted molar refractivity (Wildman–Crippen MR) is 267 cm³/mol. The number of ether oxygens (including phenoxy) is 5. The van der Waals surface area contributed by atoms with Gasteiger partial charge in [0.15, 0.2) is 23.9 Å². The number of aromatic amines is 1. The number of anilines is 3. The standard InChI is InChI=1S/C34H51N11O19P4S4/c1-16-11-44(34(48)40-28(16)36)31-27(55-8-7-53-2)26(21(61-31)14-56-65(4,49)69)64-68(52,72)58-13-20-18(10-24(60-20)45-15-38-25-29(45)41-32(37)42-30(25)46)63-67(51,71)57-12-19-17(62-66(50,70)54-3)9-23(59-19)43-6-5-22(35)39-33(43)47/h5-6,11,15,17-21,23-24,26-27,31H,7-10,12-14H2,1-4H3,(H,49,69)(H,50,70)(H,51,71)(H,52,72)(H2,35,39,47)(H2,36,40,48)(H3,37,41,42,46). The molecule has 0 spiro atoms. The molecule has 72 heavy (non-hydrogen) atoms. The van der Waals surface area contributed by atoms with Crippen LogP contribution in [-0.4, -0.2) is 155 Å². The highest BCUT2D eigenvalue weighted by Gasteiger charge is 2.51. The van der Waals surface area contributed by atoms with Crippen LogP contribution in [-0.2, 0) is 103 Å². The summed E-state index contributed by atoms with van der Waals surface area (Å²) in [6.45, 7) is -14.7. The van der Waals surface area contributed by atoms with Crippen LogP contribution < -0.4 is 34.1 Å². The van der Waals surface area contributed by atoms with E-state index >= 15 is 0 Å². The highest BCUT2D eigenvalue weighted by Crippen LogP contribution is 2.54. The molecule has 400 valence electrons. The Labute approximate surface area is 428 Å². The lowest BCUT2D eigenvalue weighted by Crippen LogP contribution is -2.40. The maximum absolute atomic E-state index is 13.2. The number of imidazole rings is 1. The third kappa shape index (κ3) is 14.3. The smallest absolute Gasteiger partial charge is 0.351 e. The zero-order valence-electron chi connectivity index (χ0n) is 38.2. The molecule has 7 heterocycles. The molecular formula is C34H51N11O19P4S4. The van der Waals surface area contributed by atoms with Crippen molar-refractivity contribution in [1.29, 1.82) is 0 Å². The van der Waals surface area contributed by atoms with E-state index in [1.165, 1.54) is 43.1 Å². The van der Waals surface area contributed by atoms with Gasteiger partial charge in [0, 0.05) is 51.7 Å². The Balaban J connectivity index is 1.13. The molecule has 4 aromatic rings. The number of H-pyrrole nitrogens is 1. The fourth-order valence-electron chi connectivity index (χ4n) is 7.61. The number of nitrogens with zero attached hydrogens (tertiary/aromatic N) is 7. The maximum Gasteiger partial charge on any atom is 0.351 e. The third-order valence-corrected chi connectivity index (χ3v) is 16.7. The molecule has 3 aliphatic rings. The van der Waals surface area contributed by atoms with Crippen molar-refractivity contribution in [1.82, 2.24) is 38.6 Å². The number of aromatic nitrogens is 8. The number of aryl methyl sites for hydroxylation is 1. The number of hydrogen-bond donors (Lipinski definition) is 8. The summed E-state index contributed by atoms with van der Waals surface area (Å²) in [5.41, 5.74) is 15.5. The third-order valence-electron chi connectivity index (χ3n) is 10.9. The first-order chi connectivity index (χ1) is 33.8. The molecule has 3 aliphatic heterocycles. The Morgan fingerprint density at radius 3 is 1.97 bits per heavy atom. The summed E-state index contributed by atoms with van der Waals surface area (Å²) in [5.74, 6) is -0.294. The van der Waals surface area contributed by atoms with Crippen LogP contribution >= 0.6 is 26.6 Å². The predicted octanol–water partition coefficient (Wildman–Crippen LogP) is -0.374. The number of methoxy groups -OCH3 is 1. The lowest BCUT2D eigenvalue weighted by atomic mass is 10.1. The van der Waals surface area contributed by atoms with Crippen LogP contribution in [0.2, 0.25) is 0 Å². The molecule has 7 rings (SSSR count). The first-order valence-electron chi connectivity index (χ1n) is 21.1. The van der Waals surface area contributed by atoms with Crippen LogP contribution in [0.3, 0.4) is 0 Å². The van der Waals surface area contributed by atoms with E-state index in [1.807, 2.05) is 0 Å². The van der Waals surface area contributed by atoms with E-state index in [4.69, 9.17) is 120 Å². The Morgan fingerprint density at radius 2 is 1.36 bits per heavy atom. The van der Waals surface area contributed by atoms with E-state index in [1.54, 1.807) is 6.92 Å². The second kappa shape index (κ2) is 23.4. The molecule has 14 unspecified atom stereocenters. The van der Waals surface area contributed by atoms with Crippen LogP contribution in [0.4, 0.5) is 17.6 Å². The van der Waals surface area contributed by atoms with Crippen LogP contribution in [0.25, 0.3) is 11.2 Å². The molecule has 0 saturated carbocycles. The number of fused-ring (bicyclic) bond motifs is 1. The summed E-state index contributed by atoms with van der Waals surface area (Å²) in [4.78, 5) is 101. The van der Waals surface area contributed by atoms with Crippen LogP contribution in [0, 0.1) is 6.92 Å². The molecule has 0 aliphatic carbocycles. The number of nitrogen functional groups attached to an aromatic ring is 3. The van der Waals surface area contributed by atoms with Gasteiger partial charge in [-0.25, -0.2) is 14.6 Å². The van der Waals surface area contributed by atoms with Gasteiger partial charge < -0.3 is 87.6 Å². The van der Waals surface area contributed by atoms with Crippen molar-refractivity contribution in [3.05, 3.63) is 61.7 Å². The van der Waals surface area contributed by atoms with Gasteiger partial charge in [-0.2, -0.15) is 15.0 Å². The number of hydrogen-bond acceptors (Lipinski definition) is 26. The van der Waals surface area contributed by atoms with Gasteiger partial charge in [0.25, 0.3) is 5.56 Å². The fraction of sp³-hybridized carbons (Fsp3) is 0.618. The molecule has 0 bridgehead atoms. The van der Waals surface area contributed by atoms with E-state index in [2.05, 4.69) is 24.9 Å². The molecule has 14 atom stereocenters. The fourth-order valence-corrected chi connectivity index (χ4v) is 12.1. The van der Waals surface area contributed by atoms with Crippen LogP contribution in [0.1, 0.15) is 37.1 Å². The topological polar surface area (TPSA) is 403 Å². The van der Waals surface area contributed by atoms with Crippen molar-refractivity contribution < 1.29 is 74.9 Å². The summed E-state index contributed by atoms with van der Waals surface area (Å²) in [6.07, 6.45) is -8.23. The zero-order valence-corrected chi connectivity index (χ0v) is 45.1. The van der Waals surface area contributed by atoms with Gasteiger partial charge in [0.05, 0.1) is 51.6 Å². The quantitative estimate of drug-likeness (QED) is 0.0347.